The molecule has 0 radical (unpaired) electrons. The number of nitrogens with zero attached hydrogens (tertiary/aromatic N) is 2. The Kier molecular flexibility index (Phi) is 4.29. The Morgan fingerprint density at radius 2 is 1.39 bits per heavy atom. The lowest BCUT2D eigenvalue weighted by Crippen LogP contribution is -1.79. The molecule has 2 aromatic carbocycles. The highest BCUT2D eigenvalue weighted by atomic mass is 79.9. The van der Waals surface area contributed by atoms with E-state index in [0.717, 1.165) is 21.6 Å². The number of hydrogen-bond donors (Lipinski definition) is 0. The third-order valence-corrected chi connectivity index (χ3v) is 2.79. The van der Waals surface area contributed by atoms with Crippen LogP contribution in [0, 0.1) is 0 Å². The normalized spacial score (nSPS) is 9.44. The number of rotatable bonds is 3. The van der Waals surface area contributed by atoms with Crippen molar-refractivity contribution in [3.05, 3.63) is 53.0 Å². The minimum absolute atomic E-state index is 0.789. The van der Waals surface area contributed by atoms with E-state index in [2.05, 4.69) is 31.9 Å². The number of aliphatic imine (C=N–C) groups is 2. The first-order chi connectivity index (χ1) is 8.78. The fourth-order valence-corrected chi connectivity index (χ4v) is 1.58. The Balaban J connectivity index is 2.11. The molecular weight excluding hydrogens is 292 g/mol. The van der Waals surface area contributed by atoms with Gasteiger partial charge in [-0.15, -0.1) is 0 Å². The van der Waals surface area contributed by atoms with Crippen molar-refractivity contribution < 1.29 is 4.74 Å². The van der Waals surface area contributed by atoms with Gasteiger partial charge in [-0.2, -0.15) is 9.98 Å². The number of halogens is 1. The number of hydrogen-bond acceptors (Lipinski definition) is 3. The molecule has 0 aromatic heterocycles. The molecular formula is C14H11BrN2O. The molecule has 0 aliphatic heterocycles. The zero-order valence-corrected chi connectivity index (χ0v) is 11.4. The minimum atomic E-state index is 0.789. The van der Waals surface area contributed by atoms with Gasteiger partial charge in [0.15, 0.2) is 0 Å². The molecule has 2 rings (SSSR count). The van der Waals surface area contributed by atoms with E-state index in [4.69, 9.17) is 4.74 Å². The second-order valence-electron chi connectivity index (χ2n) is 3.50. The zero-order valence-electron chi connectivity index (χ0n) is 9.80. The minimum Gasteiger partial charge on any atom is -0.497 e. The summed E-state index contributed by atoms with van der Waals surface area (Å²) in [4.78, 5) is 8.23. The van der Waals surface area contributed by atoms with Crippen LogP contribution in [-0.2, 0) is 0 Å². The highest BCUT2D eigenvalue weighted by Gasteiger charge is 1.90. The molecule has 0 unspecified atom stereocenters. The summed E-state index contributed by atoms with van der Waals surface area (Å²) in [6.07, 6.45) is 0. The molecule has 18 heavy (non-hydrogen) atoms. The maximum atomic E-state index is 5.06. The van der Waals surface area contributed by atoms with Crippen LogP contribution in [0.1, 0.15) is 0 Å². The van der Waals surface area contributed by atoms with Crippen molar-refractivity contribution in [2.45, 2.75) is 0 Å². The first kappa shape index (κ1) is 12.6. The lowest BCUT2D eigenvalue weighted by Gasteiger charge is -1.97. The van der Waals surface area contributed by atoms with Crippen molar-refractivity contribution in [1.29, 1.82) is 0 Å². The molecule has 0 saturated carbocycles. The Bertz CT molecular complexity index is 570. The van der Waals surface area contributed by atoms with Crippen LogP contribution in [0.2, 0.25) is 0 Å². The topological polar surface area (TPSA) is 34.0 Å². The molecule has 0 aliphatic rings. The second kappa shape index (κ2) is 6.15. The Morgan fingerprint density at radius 3 is 1.89 bits per heavy atom. The first-order valence-corrected chi connectivity index (χ1v) is 6.13. The molecule has 4 heteroatoms. The van der Waals surface area contributed by atoms with Gasteiger partial charge in [-0.1, -0.05) is 15.9 Å². The SMILES string of the molecule is COc1ccc(N=C=Nc2ccc(Br)cc2)cc1. The quantitative estimate of drug-likeness (QED) is 0.763. The Morgan fingerprint density at radius 1 is 0.889 bits per heavy atom. The monoisotopic (exact) mass is 302 g/mol. The maximum Gasteiger partial charge on any atom is 0.119 e. The Hall–Kier alpha value is -1.90. The summed E-state index contributed by atoms with van der Waals surface area (Å²) in [5.74, 6) is 0.804. The van der Waals surface area contributed by atoms with Gasteiger partial charge >= 0.3 is 0 Å². The summed E-state index contributed by atoms with van der Waals surface area (Å²) in [5.41, 5.74) is 1.60. The lowest BCUT2D eigenvalue weighted by molar-refractivity contribution is 0.415. The molecule has 0 saturated heterocycles. The second-order valence-corrected chi connectivity index (χ2v) is 4.41. The van der Waals surface area contributed by atoms with Crippen molar-refractivity contribution in [3.8, 4) is 5.75 Å². The van der Waals surface area contributed by atoms with Crippen LogP contribution in [0.3, 0.4) is 0 Å². The van der Waals surface area contributed by atoms with E-state index in [-0.39, 0.29) is 0 Å². The van der Waals surface area contributed by atoms with E-state index in [1.165, 1.54) is 0 Å². The maximum absolute atomic E-state index is 5.06. The summed E-state index contributed by atoms with van der Waals surface area (Å²) in [7, 11) is 1.63. The summed E-state index contributed by atoms with van der Waals surface area (Å²) in [6.45, 7) is 0. The third-order valence-electron chi connectivity index (χ3n) is 2.26. The van der Waals surface area contributed by atoms with Crippen molar-refractivity contribution >= 4 is 33.3 Å². The van der Waals surface area contributed by atoms with Crippen molar-refractivity contribution in [2.24, 2.45) is 9.98 Å². The van der Waals surface area contributed by atoms with Crippen LogP contribution in [-0.4, -0.2) is 13.1 Å². The highest BCUT2D eigenvalue weighted by molar-refractivity contribution is 9.10. The molecule has 0 N–H and O–H groups in total. The summed E-state index contributed by atoms with van der Waals surface area (Å²) in [5, 5.41) is 0. The highest BCUT2D eigenvalue weighted by Crippen LogP contribution is 2.18. The van der Waals surface area contributed by atoms with E-state index >= 15 is 0 Å². The first-order valence-electron chi connectivity index (χ1n) is 5.34. The zero-order chi connectivity index (χ0) is 12.8. The average Bonchev–Trinajstić information content (AvgIpc) is 2.42. The smallest absolute Gasteiger partial charge is 0.119 e. The van der Waals surface area contributed by atoms with E-state index in [9.17, 15) is 0 Å². The van der Waals surface area contributed by atoms with E-state index in [1.54, 1.807) is 7.11 Å². The molecule has 0 fully saturated rings. The van der Waals surface area contributed by atoms with Crippen LogP contribution < -0.4 is 4.74 Å². The molecule has 0 aliphatic carbocycles. The van der Waals surface area contributed by atoms with Gasteiger partial charge in [0, 0.05) is 4.47 Å². The van der Waals surface area contributed by atoms with E-state index in [0.29, 0.717) is 0 Å². The van der Waals surface area contributed by atoms with Crippen LogP contribution in [0.4, 0.5) is 11.4 Å². The fourth-order valence-electron chi connectivity index (χ4n) is 1.31. The van der Waals surface area contributed by atoms with Crippen LogP contribution >= 0.6 is 15.9 Å². The van der Waals surface area contributed by atoms with Gasteiger partial charge < -0.3 is 4.74 Å². The number of methoxy groups -OCH3 is 1. The van der Waals surface area contributed by atoms with Gasteiger partial charge in [-0.05, 0) is 48.5 Å². The summed E-state index contributed by atoms with van der Waals surface area (Å²) >= 11 is 3.37. The molecule has 0 amide bonds. The lowest BCUT2D eigenvalue weighted by atomic mass is 10.3. The van der Waals surface area contributed by atoms with Gasteiger partial charge in [0.1, 0.15) is 11.8 Å². The van der Waals surface area contributed by atoms with Crippen molar-refractivity contribution in [1.82, 2.24) is 0 Å². The average molecular weight is 303 g/mol. The predicted molar refractivity (Wildman–Crippen MR) is 76.3 cm³/mol. The van der Waals surface area contributed by atoms with Gasteiger partial charge in [-0.3, -0.25) is 0 Å². The van der Waals surface area contributed by atoms with Crippen molar-refractivity contribution in [3.63, 3.8) is 0 Å². The number of benzene rings is 2. The molecule has 2 aromatic rings. The van der Waals surface area contributed by atoms with Gasteiger partial charge in [0.05, 0.1) is 18.5 Å². The fraction of sp³-hybridized carbons (Fsp3) is 0.0714. The Labute approximate surface area is 114 Å². The predicted octanol–water partition coefficient (Wildman–Crippen LogP) is 4.59. The molecule has 3 nitrogen and oxygen atoms in total. The standard InChI is InChI=1S/C14H11BrN2O/c1-18-14-8-6-13(7-9-14)17-10-16-12-4-2-11(15)3-5-12/h2-9H,1H3. The van der Waals surface area contributed by atoms with E-state index in [1.807, 2.05) is 48.5 Å². The largest absolute Gasteiger partial charge is 0.497 e. The molecule has 0 atom stereocenters. The summed E-state index contributed by atoms with van der Waals surface area (Å²) in [6, 6.07) is 17.7. The van der Waals surface area contributed by atoms with Crippen molar-refractivity contribution in [2.75, 3.05) is 7.11 Å². The molecule has 0 bridgehead atoms. The van der Waals surface area contributed by atoms with Crippen LogP contribution in [0.15, 0.2) is 63.0 Å². The van der Waals surface area contributed by atoms with Gasteiger partial charge in [0.2, 0.25) is 0 Å². The third kappa shape index (κ3) is 3.55. The van der Waals surface area contributed by atoms with Gasteiger partial charge in [0.25, 0.3) is 0 Å². The molecule has 0 heterocycles. The van der Waals surface area contributed by atoms with Crippen LogP contribution in [0.25, 0.3) is 0 Å². The van der Waals surface area contributed by atoms with Crippen LogP contribution in [0.5, 0.6) is 5.75 Å². The molecule has 0 spiro atoms. The number of ether oxygens (including phenoxy) is 1. The van der Waals surface area contributed by atoms with E-state index < -0.39 is 0 Å². The van der Waals surface area contributed by atoms with Gasteiger partial charge in [-0.25, -0.2) is 0 Å². The molecule has 90 valence electrons. The summed E-state index contributed by atoms with van der Waals surface area (Å²) < 4.78 is 6.09.